The maximum Gasteiger partial charge on any atom is 0.410 e. The molecule has 1 fully saturated rings. The molecule has 2 atom stereocenters. The Bertz CT molecular complexity index is 1110. The zero-order chi connectivity index (χ0) is 28.8. The second-order valence-electron chi connectivity index (χ2n) is 12.5. The van der Waals surface area contributed by atoms with Gasteiger partial charge in [-0.15, -0.1) is 0 Å². The fourth-order valence-electron chi connectivity index (χ4n) is 4.53. The SMILES string of the molecule is CC(N(Cc1ccc(NCC2CCCN2C(=O)OC(C)(C)C)c(N)c1)C(=O)OCc1ccccc1)C(C)(C)C. The number of nitrogens with one attached hydrogen (secondary N) is 1. The van der Waals surface area contributed by atoms with Crippen molar-refractivity contribution in [2.45, 2.75) is 92.1 Å². The molecule has 1 aliphatic rings. The van der Waals surface area contributed by atoms with Gasteiger partial charge in [0.1, 0.15) is 12.2 Å². The predicted octanol–water partition coefficient (Wildman–Crippen LogP) is 6.65. The zero-order valence-corrected chi connectivity index (χ0v) is 24.6. The molecule has 0 spiro atoms. The number of hydrogen-bond acceptors (Lipinski definition) is 6. The van der Waals surface area contributed by atoms with E-state index in [1.807, 2.05) is 76.2 Å². The fourth-order valence-corrected chi connectivity index (χ4v) is 4.53. The molecule has 214 valence electrons. The van der Waals surface area contributed by atoms with Crippen molar-refractivity contribution >= 4 is 23.6 Å². The highest BCUT2D eigenvalue weighted by Gasteiger charge is 2.33. The third kappa shape index (κ3) is 8.80. The van der Waals surface area contributed by atoms with Gasteiger partial charge in [-0.05, 0) is 69.2 Å². The summed E-state index contributed by atoms with van der Waals surface area (Å²) in [6.45, 7) is 15.9. The number of anilines is 2. The minimum Gasteiger partial charge on any atom is -0.445 e. The number of benzene rings is 2. The van der Waals surface area contributed by atoms with Crippen molar-refractivity contribution in [3.8, 4) is 0 Å². The molecule has 2 unspecified atom stereocenters. The Morgan fingerprint density at radius 3 is 2.38 bits per heavy atom. The van der Waals surface area contributed by atoms with Crippen molar-refractivity contribution in [1.82, 2.24) is 9.80 Å². The summed E-state index contributed by atoms with van der Waals surface area (Å²) in [6.07, 6.45) is 1.23. The summed E-state index contributed by atoms with van der Waals surface area (Å²) >= 11 is 0. The van der Waals surface area contributed by atoms with Crippen molar-refractivity contribution in [3.05, 3.63) is 59.7 Å². The van der Waals surface area contributed by atoms with Gasteiger partial charge in [0, 0.05) is 25.7 Å². The fraction of sp³-hybridized carbons (Fsp3) is 0.548. The normalized spacial score (nSPS) is 16.5. The van der Waals surface area contributed by atoms with E-state index in [4.69, 9.17) is 15.2 Å². The van der Waals surface area contributed by atoms with Gasteiger partial charge in [-0.25, -0.2) is 9.59 Å². The number of nitrogen functional groups attached to an aromatic ring is 1. The number of carbonyl (C=O) groups excluding carboxylic acids is 2. The molecule has 0 aliphatic carbocycles. The van der Waals surface area contributed by atoms with Crippen LogP contribution in [0, 0.1) is 5.41 Å². The standard InChI is InChI=1S/C31H46N4O4/c1-22(30(2,3)4)35(28(36)38-21-23-12-9-8-10-13-23)20-24-15-16-27(26(32)18-24)33-19-25-14-11-17-34(25)29(37)39-31(5,6)7/h8-10,12-13,15-16,18,22,25,33H,11,14,17,19-21,32H2,1-7H3. The lowest BCUT2D eigenvalue weighted by Crippen LogP contribution is -2.45. The largest absolute Gasteiger partial charge is 0.445 e. The van der Waals surface area contributed by atoms with Gasteiger partial charge in [0.2, 0.25) is 0 Å². The molecule has 1 saturated heterocycles. The highest BCUT2D eigenvalue weighted by molar-refractivity contribution is 5.71. The van der Waals surface area contributed by atoms with Gasteiger partial charge in [-0.3, -0.25) is 0 Å². The zero-order valence-electron chi connectivity index (χ0n) is 24.6. The van der Waals surface area contributed by atoms with E-state index in [1.54, 1.807) is 9.80 Å². The summed E-state index contributed by atoms with van der Waals surface area (Å²) in [7, 11) is 0. The molecule has 0 aromatic heterocycles. The second-order valence-corrected chi connectivity index (χ2v) is 12.5. The van der Waals surface area contributed by atoms with E-state index >= 15 is 0 Å². The lowest BCUT2D eigenvalue weighted by atomic mass is 9.87. The summed E-state index contributed by atoms with van der Waals surface area (Å²) in [4.78, 5) is 29.4. The molecular formula is C31H46N4O4. The Morgan fingerprint density at radius 1 is 1.08 bits per heavy atom. The van der Waals surface area contributed by atoms with Crippen LogP contribution >= 0.6 is 0 Å². The molecule has 1 aliphatic heterocycles. The van der Waals surface area contributed by atoms with E-state index in [0.29, 0.717) is 25.3 Å². The van der Waals surface area contributed by atoms with Gasteiger partial charge in [-0.1, -0.05) is 57.2 Å². The van der Waals surface area contributed by atoms with Crippen LogP contribution in [-0.4, -0.2) is 52.8 Å². The van der Waals surface area contributed by atoms with Gasteiger partial charge in [0.15, 0.2) is 0 Å². The highest BCUT2D eigenvalue weighted by atomic mass is 16.6. The molecule has 3 rings (SSSR count). The monoisotopic (exact) mass is 538 g/mol. The van der Waals surface area contributed by atoms with Crippen LogP contribution in [-0.2, 0) is 22.6 Å². The number of nitrogens with two attached hydrogens (primary N) is 1. The Morgan fingerprint density at radius 2 is 1.77 bits per heavy atom. The molecule has 8 heteroatoms. The highest BCUT2D eigenvalue weighted by Crippen LogP contribution is 2.29. The summed E-state index contributed by atoms with van der Waals surface area (Å²) in [5.74, 6) is 0. The van der Waals surface area contributed by atoms with E-state index in [2.05, 4.69) is 26.1 Å². The number of nitrogens with zero attached hydrogens (tertiary/aromatic N) is 2. The van der Waals surface area contributed by atoms with E-state index in [9.17, 15) is 9.59 Å². The predicted molar refractivity (Wildman–Crippen MR) is 156 cm³/mol. The van der Waals surface area contributed by atoms with Crippen LogP contribution in [0.5, 0.6) is 0 Å². The molecule has 2 aromatic carbocycles. The van der Waals surface area contributed by atoms with Crippen molar-refractivity contribution in [2.24, 2.45) is 5.41 Å². The minimum absolute atomic E-state index is 0.0430. The Balaban J connectivity index is 1.65. The van der Waals surface area contributed by atoms with Gasteiger partial charge >= 0.3 is 12.2 Å². The first kappa shape index (κ1) is 30.1. The molecular weight excluding hydrogens is 492 g/mol. The molecule has 2 aromatic rings. The maximum atomic E-state index is 13.2. The van der Waals surface area contributed by atoms with E-state index in [1.165, 1.54) is 0 Å². The van der Waals surface area contributed by atoms with Crippen molar-refractivity contribution in [2.75, 3.05) is 24.1 Å². The molecule has 3 N–H and O–H groups in total. The summed E-state index contributed by atoms with van der Waals surface area (Å²) in [5, 5.41) is 3.41. The maximum absolute atomic E-state index is 13.2. The number of rotatable bonds is 8. The molecule has 0 bridgehead atoms. The van der Waals surface area contributed by atoms with E-state index in [-0.39, 0.29) is 36.3 Å². The third-order valence-corrected chi connectivity index (χ3v) is 7.16. The number of carbonyl (C=O) groups is 2. The first-order valence-corrected chi connectivity index (χ1v) is 13.8. The van der Waals surface area contributed by atoms with Crippen LogP contribution < -0.4 is 11.1 Å². The summed E-state index contributed by atoms with van der Waals surface area (Å²) < 4.78 is 11.3. The van der Waals surface area contributed by atoms with Crippen LogP contribution in [0.1, 0.15) is 72.4 Å². The molecule has 1 heterocycles. The van der Waals surface area contributed by atoms with Gasteiger partial charge < -0.3 is 30.3 Å². The number of likely N-dealkylation sites (tertiary alicyclic amines) is 1. The quantitative estimate of drug-likeness (QED) is 0.365. The molecule has 0 saturated carbocycles. The summed E-state index contributed by atoms with van der Waals surface area (Å²) in [6, 6.07) is 15.5. The minimum atomic E-state index is -0.524. The van der Waals surface area contributed by atoms with Crippen LogP contribution in [0.4, 0.5) is 21.0 Å². The molecule has 2 amide bonds. The number of amides is 2. The number of hydrogen-bond donors (Lipinski definition) is 2. The van der Waals surface area contributed by atoms with Crippen LogP contribution in [0.25, 0.3) is 0 Å². The first-order valence-electron chi connectivity index (χ1n) is 13.8. The van der Waals surface area contributed by atoms with Crippen LogP contribution in [0.2, 0.25) is 0 Å². The smallest absolute Gasteiger partial charge is 0.410 e. The van der Waals surface area contributed by atoms with E-state index < -0.39 is 5.60 Å². The van der Waals surface area contributed by atoms with Crippen molar-refractivity contribution in [3.63, 3.8) is 0 Å². The van der Waals surface area contributed by atoms with Crippen LogP contribution in [0.15, 0.2) is 48.5 Å². The van der Waals surface area contributed by atoms with Crippen molar-refractivity contribution < 1.29 is 19.1 Å². The topological polar surface area (TPSA) is 97.1 Å². The van der Waals surface area contributed by atoms with E-state index in [0.717, 1.165) is 29.7 Å². The molecule has 8 nitrogen and oxygen atoms in total. The third-order valence-electron chi connectivity index (χ3n) is 7.16. The average molecular weight is 539 g/mol. The Labute approximate surface area is 233 Å². The summed E-state index contributed by atoms with van der Waals surface area (Å²) in [5.41, 5.74) is 9.03. The van der Waals surface area contributed by atoms with Gasteiger partial charge in [0.25, 0.3) is 0 Å². The Hall–Kier alpha value is -3.42. The van der Waals surface area contributed by atoms with Gasteiger partial charge in [0.05, 0.1) is 17.4 Å². The van der Waals surface area contributed by atoms with Crippen LogP contribution in [0.3, 0.4) is 0 Å². The Kier molecular flexibility index (Phi) is 9.75. The van der Waals surface area contributed by atoms with Crippen molar-refractivity contribution in [1.29, 1.82) is 0 Å². The first-order chi connectivity index (χ1) is 18.2. The number of ether oxygens (including phenoxy) is 2. The molecule has 39 heavy (non-hydrogen) atoms. The average Bonchev–Trinajstić information content (AvgIpc) is 3.33. The second kappa shape index (κ2) is 12.6. The lowest BCUT2D eigenvalue weighted by molar-refractivity contribution is 0.0235. The molecule has 0 radical (unpaired) electrons. The van der Waals surface area contributed by atoms with Gasteiger partial charge in [-0.2, -0.15) is 0 Å². The lowest BCUT2D eigenvalue weighted by Gasteiger charge is -2.37.